The number of hydrogen-bond acceptors (Lipinski definition) is 3. The van der Waals surface area contributed by atoms with Crippen LogP contribution < -0.4 is 5.32 Å². The lowest BCUT2D eigenvalue weighted by Crippen LogP contribution is -2.20. The zero-order valence-corrected chi connectivity index (χ0v) is 6.93. The summed E-state index contributed by atoms with van der Waals surface area (Å²) >= 11 is 0. The van der Waals surface area contributed by atoms with Crippen molar-refractivity contribution in [2.24, 2.45) is 0 Å². The van der Waals surface area contributed by atoms with Crippen molar-refractivity contribution in [2.75, 3.05) is 40.0 Å². The van der Waals surface area contributed by atoms with Gasteiger partial charge in [0.15, 0.2) is 0 Å². The minimum atomic E-state index is 0.605. The van der Waals surface area contributed by atoms with Gasteiger partial charge < -0.3 is 14.8 Å². The third kappa shape index (κ3) is 9.44. The van der Waals surface area contributed by atoms with Gasteiger partial charge in [0.2, 0.25) is 0 Å². The fourth-order valence-corrected chi connectivity index (χ4v) is 0.549. The van der Waals surface area contributed by atoms with Crippen molar-refractivity contribution in [1.82, 2.24) is 5.32 Å². The molecule has 0 aliphatic heterocycles. The van der Waals surface area contributed by atoms with Crippen LogP contribution in [-0.4, -0.2) is 40.0 Å². The molecule has 0 amide bonds. The molecule has 0 heterocycles. The van der Waals surface area contributed by atoms with Crippen molar-refractivity contribution in [3.63, 3.8) is 0 Å². The quantitative estimate of drug-likeness (QED) is 0.412. The number of nitrogens with one attached hydrogen (secondary N) is 1. The Morgan fingerprint density at radius 2 is 2.18 bits per heavy atom. The minimum absolute atomic E-state index is 0.605. The molecule has 0 atom stereocenters. The molecular weight excluding hydrogens is 142 g/mol. The highest BCUT2D eigenvalue weighted by molar-refractivity contribution is 4.86. The van der Waals surface area contributed by atoms with Crippen LogP contribution in [0, 0.1) is 12.3 Å². The van der Waals surface area contributed by atoms with Crippen molar-refractivity contribution in [1.29, 1.82) is 0 Å². The van der Waals surface area contributed by atoms with Gasteiger partial charge in [-0.3, -0.25) is 0 Å². The van der Waals surface area contributed by atoms with Crippen molar-refractivity contribution < 1.29 is 9.47 Å². The Morgan fingerprint density at radius 1 is 1.36 bits per heavy atom. The molecule has 1 N–H and O–H groups in total. The molecule has 11 heavy (non-hydrogen) atoms. The minimum Gasteiger partial charge on any atom is -0.382 e. The highest BCUT2D eigenvalue weighted by atomic mass is 16.5. The second-order valence-electron chi connectivity index (χ2n) is 1.99. The van der Waals surface area contributed by atoms with Gasteiger partial charge in [-0.25, -0.2) is 0 Å². The van der Waals surface area contributed by atoms with Crippen LogP contribution in [0.1, 0.15) is 0 Å². The maximum absolute atomic E-state index is 5.16. The summed E-state index contributed by atoms with van der Waals surface area (Å²) in [5.41, 5.74) is 0. The molecule has 3 heteroatoms. The smallest absolute Gasteiger partial charge is 0.0700 e. The molecular formula is C8H15NO2. The average molecular weight is 157 g/mol. The number of ether oxygens (including phenoxy) is 2. The van der Waals surface area contributed by atoms with E-state index in [0.717, 1.165) is 6.54 Å². The van der Waals surface area contributed by atoms with Crippen LogP contribution in [0.2, 0.25) is 0 Å². The van der Waals surface area contributed by atoms with E-state index in [4.69, 9.17) is 15.9 Å². The van der Waals surface area contributed by atoms with E-state index < -0.39 is 0 Å². The van der Waals surface area contributed by atoms with E-state index in [1.807, 2.05) is 0 Å². The summed E-state index contributed by atoms with van der Waals surface area (Å²) in [6.45, 7) is 3.38. The van der Waals surface area contributed by atoms with Crippen molar-refractivity contribution in [3.05, 3.63) is 0 Å². The van der Waals surface area contributed by atoms with Crippen molar-refractivity contribution in [2.45, 2.75) is 0 Å². The van der Waals surface area contributed by atoms with Gasteiger partial charge in [0.05, 0.1) is 26.4 Å². The Bertz CT molecular complexity index is 109. The van der Waals surface area contributed by atoms with Crippen molar-refractivity contribution >= 4 is 0 Å². The first-order valence-corrected chi connectivity index (χ1v) is 3.62. The lowest BCUT2D eigenvalue weighted by atomic mass is 10.6. The molecule has 0 spiro atoms. The predicted molar refractivity (Wildman–Crippen MR) is 44.4 cm³/mol. The van der Waals surface area contributed by atoms with Gasteiger partial charge in [-0.1, -0.05) is 5.92 Å². The molecule has 0 aromatic carbocycles. The van der Waals surface area contributed by atoms with Crippen LogP contribution in [-0.2, 0) is 9.47 Å². The van der Waals surface area contributed by atoms with Gasteiger partial charge in [-0.15, -0.1) is 6.42 Å². The molecule has 0 rings (SSSR count). The van der Waals surface area contributed by atoms with E-state index in [1.165, 1.54) is 0 Å². The molecule has 0 aromatic heterocycles. The summed E-state index contributed by atoms with van der Waals surface area (Å²) in [5.74, 6) is 2.48. The third-order valence-corrected chi connectivity index (χ3v) is 1.08. The van der Waals surface area contributed by atoms with Crippen LogP contribution in [0.25, 0.3) is 0 Å². The Balaban J connectivity index is 2.75. The highest BCUT2D eigenvalue weighted by Crippen LogP contribution is 1.73. The second-order valence-corrected chi connectivity index (χ2v) is 1.99. The maximum atomic E-state index is 5.16. The summed E-state index contributed by atoms with van der Waals surface area (Å²) in [4.78, 5) is 0. The fourth-order valence-electron chi connectivity index (χ4n) is 0.549. The topological polar surface area (TPSA) is 30.5 Å². The molecule has 0 aliphatic carbocycles. The zero-order valence-electron chi connectivity index (χ0n) is 6.93. The molecule has 0 aromatic rings. The molecule has 0 aliphatic rings. The Kier molecular flexibility index (Phi) is 8.96. The van der Waals surface area contributed by atoms with E-state index >= 15 is 0 Å². The summed E-state index contributed by atoms with van der Waals surface area (Å²) in [7, 11) is 1.65. The zero-order chi connectivity index (χ0) is 8.36. The number of rotatable bonds is 7. The van der Waals surface area contributed by atoms with Gasteiger partial charge in [-0.05, 0) is 0 Å². The van der Waals surface area contributed by atoms with E-state index in [1.54, 1.807) is 7.11 Å². The maximum Gasteiger partial charge on any atom is 0.0700 e. The normalized spacial score (nSPS) is 9.45. The Labute approximate surface area is 68.1 Å². The van der Waals surface area contributed by atoms with E-state index in [2.05, 4.69) is 11.2 Å². The van der Waals surface area contributed by atoms with Crippen LogP contribution in [0.3, 0.4) is 0 Å². The molecule has 0 saturated carbocycles. The Morgan fingerprint density at radius 3 is 2.82 bits per heavy atom. The largest absolute Gasteiger partial charge is 0.382 e. The number of methoxy groups -OCH3 is 1. The molecule has 3 nitrogen and oxygen atoms in total. The monoisotopic (exact) mass is 157 g/mol. The fraction of sp³-hybridized carbons (Fsp3) is 0.750. The number of terminal acetylenes is 1. The van der Waals surface area contributed by atoms with Gasteiger partial charge >= 0.3 is 0 Å². The third-order valence-electron chi connectivity index (χ3n) is 1.08. The molecule has 64 valence electrons. The van der Waals surface area contributed by atoms with E-state index in [0.29, 0.717) is 26.4 Å². The summed E-state index contributed by atoms with van der Waals surface area (Å²) in [6, 6.07) is 0. The predicted octanol–water partition coefficient (Wildman–Crippen LogP) is -0.128. The average Bonchev–Trinajstić information content (AvgIpc) is 2.03. The molecule has 0 saturated heterocycles. The molecule has 0 bridgehead atoms. The number of hydrogen-bond donors (Lipinski definition) is 1. The SMILES string of the molecule is C#CCNCCOCCOC. The second kappa shape index (κ2) is 9.44. The van der Waals surface area contributed by atoms with E-state index in [-0.39, 0.29) is 0 Å². The first-order valence-electron chi connectivity index (χ1n) is 3.62. The van der Waals surface area contributed by atoms with Gasteiger partial charge in [0, 0.05) is 13.7 Å². The molecule has 0 radical (unpaired) electrons. The van der Waals surface area contributed by atoms with Crippen LogP contribution >= 0.6 is 0 Å². The lowest BCUT2D eigenvalue weighted by molar-refractivity contribution is 0.0723. The Hall–Kier alpha value is -0.560. The van der Waals surface area contributed by atoms with Crippen LogP contribution in [0.15, 0.2) is 0 Å². The van der Waals surface area contributed by atoms with Crippen molar-refractivity contribution in [3.8, 4) is 12.3 Å². The van der Waals surface area contributed by atoms with E-state index in [9.17, 15) is 0 Å². The lowest BCUT2D eigenvalue weighted by Gasteiger charge is -2.02. The first-order chi connectivity index (χ1) is 5.41. The summed E-state index contributed by atoms with van der Waals surface area (Å²) in [6.07, 6.45) is 5.02. The standard InChI is InChI=1S/C8H15NO2/c1-3-4-9-5-6-11-8-7-10-2/h1,9H,4-8H2,2H3. The van der Waals surface area contributed by atoms with Gasteiger partial charge in [0.25, 0.3) is 0 Å². The van der Waals surface area contributed by atoms with Crippen LogP contribution in [0.5, 0.6) is 0 Å². The summed E-state index contributed by atoms with van der Waals surface area (Å²) < 4.78 is 9.96. The first kappa shape index (κ1) is 10.4. The summed E-state index contributed by atoms with van der Waals surface area (Å²) in [5, 5.41) is 3.01. The van der Waals surface area contributed by atoms with Gasteiger partial charge in [-0.2, -0.15) is 0 Å². The molecule has 0 fully saturated rings. The van der Waals surface area contributed by atoms with Gasteiger partial charge in [0.1, 0.15) is 0 Å². The molecule has 0 unspecified atom stereocenters. The highest BCUT2D eigenvalue weighted by Gasteiger charge is 1.85. The van der Waals surface area contributed by atoms with Crippen LogP contribution in [0.4, 0.5) is 0 Å².